The van der Waals surface area contributed by atoms with E-state index in [1.54, 1.807) is 0 Å². The largest absolute Gasteiger partial charge is 0.392 e. The molecule has 114 valence electrons. The van der Waals surface area contributed by atoms with Gasteiger partial charge in [-0.25, -0.2) is 0 Å². The minimum absolute atomic E-state index is 0.0761. The topological polar surface area (TPSA) is 53.3 Å². The molecular weight excluding hydrogens is 264 g/mol. The van der Waals surface area contributed by atoms with E-state index in [4.69, 9.17) is 0 Å². The number of hydrogen-bond donors (Lipinski definition) is 2. The Balaban J connectivity index is 2.07. The maximum Gasteiger partial charge on any atom is 0.130 e. The molecule has 2 aromatic rings. The van der Waals surface area contributed by atoms with Crippen LogP contribution < -0.4 is 10.2 Å². The second kappa shape index (κ2) is 6.74. The zero-order chi connectivity index (χ0) is 15.4. The van der Waals surface area contributed by atoms with Crippen molar-refractivity contribution in [3.8, 4) is 0 Å². The molecule has 5 heteroatoms. The van der Waals surface area contributed by atoms with Crippen LogP contribution in [-0.2, 0) is 26.7 Å². The number of aryl methyl sites for hydroxylation is 2. The fourth-order valence-electron chi connectivity index (χ4n) is 2.66. The molecule has 0 fully saturated rings. The van der Waals surface area contributed by atoms with Gasteiger partial charge in [-0.15, -0.1) is 0 Å². The first kappa shape index (κ1) is 15.5. The third-order valence-electron chi connectivity index (χ3n) is 3.64. The van der Waals surface area contributed by atoms with E-state index < -0.39 is 0 Å². The molecule has 1 heterocycles. The standard InChI is InChI=1S/C16H24N4O/c1-12-15(16(19(2)3)20(4)18-12)10-17-9-13-7-5-6-8-14(13)11-21/h5-8,17,21H,9-11H2,1-4H3. The summed E-state index contributed by atoms with van der Waals surface area (Å²) in [6, 6.07) is 7.94. The van der Waals surface area contributed by atoms with E-state index in [1.165, 1.54) is 5.56 Å². The molecule has 0 spiro atoms. The van der Waals surface area contributed by atoms with E-state index in [-0.39, 0.29) is 6.61 Å². The molecule has 0 radical (unpaired) electrons. The summed E-state index contributed by atoms with van der Waals surface area (Å²) in [5, 5.41) is 17.3. The first-order valence-electron chi connectivity index (χ1n) is 7.12. The number of rotatable bonds is 6. The van der Waals surface area contributed by atoms with Gasteiger partial charge in [0.15, 0.2) is 0 Å². The lowest BCUT2D eigenvalue weighted by Gasteiger charge is -2.16. The summed E-state index contributed by atoms with van der Waals surface area (Å²) in [6.07, 6.45) is 0. The van der Waals surface area contributed by atoms with Crippen LogP contribution in [0.25, 0.3) is 0 Å². The molecular formula is C16H24N4O. The molecule has 1 aromatic heterocycles. The number of aliphatic hydroxyl groups excluding tert-OH is 1. The van der Waals surface area contributed by atoms with E-state index >= 15 is 0 Å². The van der Waals surface area contributed by atoms with Crippen molar-refractivity contribution >= 4 is 5.82 Å². The van der Waals surface area contributed by atoms with Crippen molar-refractivity contribution in [3.05, 3.63) is 46.6 Å². The molecule has 0 amide bonds. The van der Waals surface area contributed by atoms with E-state index in [9.17, 15) is 5.11 Å². The van der Waals surface area contributed by atoms with Crippen LogP contribution >= 0.6 is 0 Å². The highest BCUT2D eigenvalue weighted by Crippen LogP contribution is 2.21. The van der Waals surface area contributed by atoms with Crippen LogP contribution in [0.15, 0.2) is 24.3 Å². The summed E-state index contributed by atoms with van der Waals surface area (Å²) < 4.78 is 1.91. The maximum atomic E-state index is 9.35. The Bertz CT molecular complexity index is 604. The Hall–Kier alpha value is -1.85. The monoisotopic (exact) mass is 288 g/mol. The molecule has 0 atom stereocenters. The van der Waals surface area contributed by atoms with E-state index in [1.807, 2.05) is 57.0 Å². The van der Waals surface area contributed by atoms with Gasteiger partial charge in [-0.05, 0) is 18.1 Å². The lowest BCUT2D eigenvalue weighted by Crippen LogP contribution is -2.19. The summed E-state index contributed by atoms with van der Waals surface area (Å²) in [6.45, 7) is 3.60. The van der Waals surface area contributed by atoms with Crippen molar-refractivity contribution in [2.45, 2.75) is 26.6 Å². The first-order chi connectivity index (χ1) is 10.0. The van der Waals surface area contributed by atoms with Gasteiger partial charge in [0.05, 0.1) is 12.3 Å². The molecule has 0 unspecified atom stereocenters. The summed E-state index contributed by atoms with van der Waals surface area (Å²) in [4.78, 5) is 2.08. The van der Waals surface area contributed by atoms with Crippen LogP contribution in [0.1, 0.15) is 22.4 Å². The fraction of sp³-hybridized carbons (Fsp3) is 0.438. The highest BCUT2D eigenvalue weighted by Gasteiger charge is 2.14. The summed E-state index contributed by atoms with van der Waals surface area (Å²) in [7, 11) is 6.02. The minimum atomic E-state index is 0.0761. The van der Waals surface area contributed by atoms with Gasteiger partial charge in [0.2, 0.25) is 0 Å². The Morgan fingerprint density at radius 1 is 1.19 bits per heavy atom. The smallest absolute Gasteiger partial charge is 0.130 e. The number of nitrogens with one attached hydrogen (secondary N) is 1. The molecule has 5 nitrogen and oxygen atoms in total. The molecule has 0 saturated heterocycles. The number of benzene rings is 1. The number of anilines is 1. The van der Waals surface area contributed by atoms with Gasteiger partial charge in [-0.3, -0.25) is 4.68 Å². The highest BCUT2D eigenvalue weighted by molar-refractivity contribution is 5.48. The Morgan fingerprint density at radius 2 is 1.86 bits per heavy atom. The van der Waals surface area contributed by atoms with Crippen LogP contribution in [0.2, 0.25) is 0 Å². The number of nitrogens with zero attached hydrogens (tertiary/aromatic N) is 3. The molecule has 2 rings (SSSR count). The quantitative estimate of drug-likeness (QED) is 0.847. The minimum Gasteiger partial charge on any atom is -0.392 e. The number of aromatic nitrogens is 2. The average Bonchev–Trinajstić information content (AvgIpc) is 2.74. The third-order valence-corrected chi connectivity index (χ3v) is 3.64. The van der Waals surface area contributed by atoms with Gasteiger partial charge >= 0.3 is 0 Å². The lowest BCUT2D eigenvalue weighted by atomic mass is 10.1. The number of hydrogen-bond acceptors (Lipinski definition) is 4. The normalized spacial score (nSPS) is 10.9. The van der Waals surface area contributed by atoms with Gasteiger partial charge in [0.25, 0.3) is 0 Å². The van der Waals surface area contributed by atoms with Crippen molar-refractivity contribution in [2.24, 2.45) is 7.05 Å². The van der Waals surface area contributed by atoms with Crippen molar-refractivity contribution in [2.75, 3.05) is 19.0 Å². The second-order valence-corrected chi connectivity index (χ2v) is 5.44. The van der Waals surface area contributed by atoms with Gasteiger partial charge in [0.1, 0.15) is 5.82 Å². The van der Waals surface area contributed by atoms with E-state index in [0.717, 1.165) is 35.7 Å². The second-order valence-electron chi connectivity index (χ2n) is 5.44. The van der Waals surface area contributed by atoms with Crippen LogP contribution in [-0.4, -0.2) is 29.0 Å². The van der Waals surface area contributed by atoms with Crippen LogP contribution in [0, 0.1) is 6.92 Å². The molecule has 0 aliphatic heterocycles. The molecule has 0 aliphatic rings. The summed E-state index contributed by atoms with van der Waals surface area (Å²) in [5.41, 5.74) is 4.36. The number of aliphatic hydroxyl groups is 1. The predicted octanol–water partition coefficient (Wildman–Crippen LogP) is 1.58. The van der Waals surface area contributed by atoms with Crippen molar-refractivity contribution in [1.82, 2.24) is 15.1 Å². The SMILES string of the molecule is Cc1nn(C)c(N(C)C)c1CNCc1ccccc1CO. The molecule has 2 N–H and O–H groups in total. The zero-order valence-electron chi connectivity index (χ0n) is 13.2. The molecule has 0 aliphatic carbocycles. The van der Waals surface area contributed by atoms with Crippen LogP contribution in [0.4, 0.5) is 5.82 Å². The Kier molecular flexibility index (Phi) is 4.98. The van der Waals surface area contributed by atoms with Crippen LogP contribution in [0.3, 0.4) is 0 Å². The van der Waals surface area contributed by atoms with Gasteiger partial charge in [0, 0.05) is 39.8 Å². The lowest BCUT2D eigenvalue weighted by molar-refractivity contribution is 0.280. The van der Waals surface area contributed by atoms with Gasteiger partial charge < -0.3 is 15.3 Å². The fourth-order valence-corrected chi connectivity index (χ4v) is 2.66. The van der Waals surface area contributed by atoms with Crippen LogP contribution in [0.5, 0.6) is 0 Å². The van der Waals surface area contributed by atoms with Crippen molar-refractivity contribution in [3.63, 3.8) is 0 Å². The molecule has 21 heavy (non-hydrogen) atoms. The van der Waals surface area contributed by atoms with E-state index in [2.05, 4.69) is 15.3 Å². The van der Waals surface area contributed by atoms with E-state index in [0.29, 0.717) is 0 Å². The van der Waals surface area contributed by atoms with Crippen molar-refractivity contribution < 1.29 is 5.11 Å². The molecule has 0 saturated carbocycles. The summed E-state index contributed by atoms with van der Waals surface area (Å²) in [5.74, 6) is 1.12. The molecule has 0 bridgehead atoms. The Labute approximate surface area is 126 Å². The highest BCUT2D eigenvalue weighted by atomic mass is 16.3. The maximum absolute atomic E-state index is 9.35. The van der Waals surface area contributed by atoms with Crippen molar-refractivity contribution in [1.29, 1.82) is 0 Å². The third kappa shape index (κ3) is 3.43. The summed E-state index contributed by atoms with van der Waals surface area (Å²) >= 11 is 0. The first-order valence-corrected chi connectivity index (χ1v) is 7.12. The molecule has 1 aromatic carbocycles. The van der Waals surface area contributed by atoms with Gasteiger partial charge in [-0.1, -0.05) is 24.3 Å². The zero-order valence-corrected chi connectivity index (χ0v) is 13.2. The average molecular weight is 288 g/mol. The van der Waals surface area contributed by atoms with Gasteiger partial charge in [-0.2, -0.15) is 5.10 Å². The predicted molar refractivity (Wildman–Crippen MR) is 85.2 cm³/mol. The Morgan fingerprint density at radius 3 is 2.48 bits per heavy atom.